The molecule has 0 unspecified atom stereocenters. The third-order valence-corrected chi connectivity index (χ3v) is 4.84. The molecule has 0 bridgehead atoms. The Hall–Kier alpha value is -2.30. The summed E-state index contributed by atoms with van der Waals surface area (Å²) in [6, 6.07) is 0. The number of thioether (sulfide) groups is 1. The van der Waals surface area contributed by atoms with Gasteiger partial charge in [0.15, 0.2) is 18.3 Å². The molecule has 4 atom stereocenters. The van der Waals surface area contributed by atoms with Gasteiger partial charge in [0.2, 0.25) is 4.93 Å². The van der Waals surface area contributed by atoms with Crippen molar-refractivity contribution in [2.75, 3.05) is 12.4 Å². The highest BCUT2D eigenvalue weighted by Gasteiger charge is 2.62. The van der Waals surface area contributed by atoms with Crippen LogP contribution in [0.5, 0.6) is 0 Å². The molecular formula is C16H22O10S. The maximum Gasteiger partial charge on any atom is 0.304 e. The molecule has 11 heteroatoms. The average Bonchev–Trinajstić information content (AvgIpc) is 2.80. The molecule has 1 fully saturated rings. The quantitative estimate of drug-likeness (QED) is 0.428. The van der Waals surface area contributed by atoms with Crippen LogP contribution in [0.25, 0.3) is 0 Å². The van der Waals surface area contributed by atoms with Crippen LogP contribution in [0.15, 0.2) is 0 Å². The van der Waals surface area contributed by atoms with Crippen LogP contribution in [-0.2, 0) is 47.7 Å². The summed E-state index contributed by atoms with van der Waals surface area (Å²) in [5.41, 5.74) is 0. The maximum atomic E-state index is 11.8. The predicted molar refractivity (Wildman–Crippen MR) is 90.3 cm³/mol. The van der Waals surface area contributed by atoms with E-state index in [2.05, 4.69) is 0 Å². The molecule has 1 aliphatic heterocycles. The van der Waals surface area contributed by atoms with Crippen molar-refractivity contribution in [3.8, 4) is 0 Å². The van der Waals surface area contributed by atoms with Crippen molar-refractivity contribution in [3.63, 3.8) is 0 Å². The number of hydrogen-bond acceptors (Lipinski definition) is 11. The standard InChI is InChI=1S/C16H22O10S/c1-8(17)22-6-14(24-10(3)19)16(26-12(5)21)15(25-11(4)20)13(7-27-16)23-9(2)18/h13-15H,6-7H2,1-5H3/t13-,14+,15+,16+/m0/s1. The van der Waals surface area contributed by atoms with E-state index < -0.39 is 59.7 Å². The van der Waals surface area contributed by atoms with Crippen LogP contribution in [-0.4, -0.2) is 65.5 Å². The third kappa shape index (κ3) is 6.42. The van der Waals surface area contributed by atoms with E-state index in [0.29, 0.717) is 0 Å². The molecule has 0 aromatic heterocycles. The number of carbonyl (C=O) groups excluding carboxylic acids is 5. The molecule has 0 spiro atoms. The van der Waals surface area contributed by atoms with Gasteiger partial charge < -0.3 is 23.7 Å². The van der Waals surface area contributed by atoms with E-state index in [1.165, 1.54) is 6.92 Å². The van der Waals surface area contributed by atoms with E-state index in [4.69, 9.17) is 23.7 Å². The number of rotatable bonds is 7. The van der Waals surface area contributed by atoms with Crippen molar-refractivity contribution in [1.82, 2.24) is 0 Å². The molecule has 1 heterocycles. The van der Waals surface area contributed by atoms with Crippen LogP contribution >= 0.6 is 11.8 Å². The highest BCUT2D eigenvalue weighted by atomic mass is 32.2. The Morgan fingerprint density at radius 2 is 1.48 bits per heavy atom. The Labute approximate surface area is 160 Å². The third-order valence-electron chi connectivity index (χ3n) is 3.32. The van der Waals surface area contributed by atoms with Gasteiger partial charge in [-0.2, -0.15) is 0 Å². The Balaban J connectivity index is 3.37. The van der Waals surface area contributed by atoms with E-state index in [1.807, 2.05) is 0 Å². The Morgan fingerprint density at radius 1 is 0.889 bits per heavy atom. The monoisotopic (exact) mass is 406 g/mol. The second kappa shape index (κ2) is 9.58. The summed E-state index contributed by atoms with van der Waals surface area (Å²) in [6.45, 7) is 5.22. The van der Waals surface area contributed by atoms with E-state index in [-0.39, 0.29) is 5.75 Å². The van der Waals surface area contributed by atoms with Crippen LogP contribution in [0.2, 0.25) is 0 Å². The molecule has 1 rings (SSSR count). The lowest BCUT2D eigenvalue weighted by molar-refractivity contribution is -0.205. The van der Waals surface area contributed by atoms with Crippen molar-refractivity contribution in [2.24, 2.45) is 0 Å². The molecule has 0 N–H and O–H groups in total. The summed E-state index contributed by atoms with van der Waals surface area (Å²) < 4.78 is 26.0. The molecule has 0 saturated carbocycles. The van der Waals surface area contributed by atoms with Gasteiger partial charge >= 0.3 is 29.8 Å². The lowest BCUT2D eigenvalue weighted by atomic mass is 10.0. The molecule has 0 amide bonds. The summed E-state index contributed by atoms with van der Waals surface area (Å²) in [7, 11) is 0. The van der Waals surface area contributed by atoms with Gasteiger partial charge in [0.1, 0.15) is 6.61 Å². The number of ether oxygens (including phenoxy) is 5. The van der Waals surface area contributed by atoms with Crippen molar-refractivity contribution < 1.29 is 47.7 Å². The Bertz CT molecular complexity index is 618. The van der Waals surface area contributed by atoms with E-state index in [9.17, 15) is 24.0 Å². The van der Waals surface area contributed by atoms with E-state index in [1.54, 1.807) is 0 Å². The first-order valence-electron chi connectivity index (χ1n) is 7.96. The topological polar surface area (TPSA) is 132 Å². The van der Waals surface area contributed by atoms with Gasteiger partial charge in [0.25, 0.3) is 0 Å². The van der Waals surface area contributed by atoms with Gasteiger partial charge in [0.05, 0.1) is 0 Å². The van der Waals surface area contributed by atoms with Crippen molar-refractivity contribution in [2.45, 2.75) is 57.9 Å². The minimum absolute atomic E-state index is 0.0860. The van der Waals surface area contributed by atoms with Crippen LogP contribution in [0.1, 0.15) is 34.6 Å². The number of carbonyl (C=O) groups is 5. The van der Waals surface area contributed by atoms with Gasteiger partial charge in [-0.15, -0.1) is 11.8 Å². The Morgan fingerprint density at radius 3 is 1.93 bits per heavy atom. The molecule has 0 radical (unpaired) electrons. The Kier molecular flexibility index (Phi) is 8.07. The molecule has 0 aromatic rings. The smallest absolute Gasteiger partial charge is 0.304 e. The minimum Gasteiger partial charge on any atom is -0.462 e. The van der Waals surface area contributed by atoms with Gasteiger partial charge in [-0.25, -0.2) is 0 Å². The van der Waals surface area contributed by atoms with Gasteiger partial charge in [-0.1, -0.05) is 0 Å². The molecular weight excluding hydrogens is 384 g/mol. The predicted octanol–water partition coefficient (Wildman–Crippen LogP) is 0.351. The highest BCUT2D eigenvalue weighted by molar-refractivity contribution is 8.01. The van der Waals surface area contributed by atoms with Gasteiger partial charge in [0, 0.05) is 40.4 Å². The zero-order chi connectivity index (χ0) is 20.8. The van der Waals surface area contributed by atoms with Crippen LogP contribution in [0.4, 0.5) is 0 Å². The first-order chi connectivity index (χ1) is 12.5. The van der Waals surface area contributed by atoms with Gasteiger partial charge in [-0.05, 0) is 0 Å². The van der Waals surface area contributed by atoms with Crippen LogP contribution in [0, 0.1) is 0 Å². The molecule has 1 aliphatic rings. The minimum atomic E-state index is -1.77. The van der Waals surface area contributed by atoms with Crippen molar-refractivity contribution >= 4 is 41.6 Å². The second-order valence-electron chi connectivity index (χ2n) is 5.70. The fourth-order valence-electron chi connectivity index (χ4n) is 2.57. The average molecular weight is 406 g/mol. The molecule has 152 valence electrons. The zero-order valence-corrected chi connectivity index (χ0v) is 16.5. The molecule has 27 heavy (non-hydrogen) atoms. The molecule has 10 nitrogen and oxygen atoms in total. The van der Waals surface area contributed by atoms with Gasteiger partial charge in [-0.3, -0.25) is 24.0 Å². The first-order valence-corrected chi connectivity index (χ1v) is 8.95. The van der Waals surface area contributed by atoms with Crippen molar-refractivity contribution in [1.29, 1.82) is 0 Å². The largest absolute Gasteiger partial charge is 0.462 e. The number of hydrogen-bond donors (Lipinski definition) is 0. The van der Waals surface area contributed by atoms with E-state index >= 15 is 0 Å². The van der Waals surface area contributed by atoms with Crippen LogP contribution in [0.3, 0.4) is 0 Å². The second-order valence-corrected chi connectivity index (χ2v) is 6.96. The molecule has 0 aliphatic carbocycles. The SMILES string of the molecule is CC(=O)OC[C@@H](OC(C)=O)[C@@]1(OC(C)=O)SC[C@H](OC(C)=O)[C@H]1OC(C)=O. The first kappa shape index (κ1) is 22.7. The summed E-state index contributed by atoms with van der Waals surface area (Å²) in [5, 5.41) is 0. The molecule has 0 aromatic carbocycles. The fourth-order valence-corrected chi connectivity index (χ4v) is 4.08. The van der Waals surface area contributed by atoms with Crippen LogP contribution < -0.4 is 0 Å². The fraction of sp³-hybridized carbons (Fsp3) is 0.688. The summed E-state index contributed by atoms with van der Waals surface area (Å²) >= 11 is 0.954. The lowest BCUT2D eigenvalue weighted by Gasteiger charge is -2.38. The number of esters is 5. The lowest BCUT2D eigenvalue weighted by Crippen LogP contribution is -2.57. The summed E-state index contributed by atoms with van der Waals surface area (Å²) in [6.07, 6.45) is -3.56. The molecule has 1 saturated heterocycles. The summed E-state index contributed by atoms with van der Waals surface area (Å²) in [5.74, 6) is -3.44. The van der Waals surface area contributed by atoms with Crippen molar-refractivity contribution in [3.05, 3.63) is 0 Å². The maximum absolute atomic E-state index is 11.8. The zero-order valence-electron chi connectivity index (χ0n) is 15.6. The highest BCUT2D eigenvalue weighted by Crippen LogP contribution is 2.46. The summed E-state index contributed by atoms with van der Waals surface area (Å²) in [4.78, 5) is 55.8. The normalized spacial score (nSPS) is 25.1. The van der Waals surface area contributed by atoms with E-state index in [0.717, 1.165) is 39.5 Å².